The van der Waals surface area contributed by atoms with Crippen LogP contribution in [0.5, 0.6) is 0 Å². The van der Waals surface area contributed by atoms with Gasteiger partial charge in [0.2, 0.25) is 10.0 Å². The number of pyridine rings is 1. The molecule has 3 N–H and O–H groups in total. The topological polar surface area (TPSA) is 98.7 Å². The van der Waals surface area contributed by atoms with Gasteiger partial charge >= 0.3 is 0 Å². The van der Waals surface area contributed by atoms with Crippen molar-refractivity contribution in [2.45, 2.75) is 37.2 Å². The summed E-state index contributed by atoms with van der Waals surface area (Å²) < 4.78 is 27.1. The molecule has 0 radical (unpaired) electrons. The molecule has 0 unspecified atom stereocenters. The second-order valence-corrected chi connectivity index (χ2v) is 9.29. The van der Waals surface area contributed by atoms with Crippen molar-refractivity contribution in [2.24, 2.45) is 4.99 Å². The van der Waals surface area contributed by atoms with E-state index in [0.717, 1.165) is 45.0 Å². The molecule has 1 aliphatic rings. The third kappa shape index (κ3) is 7.61. The van der Waals surface area contributed by atoms with Crippen LogP contribution in [-0.4, -0.2) is 63.0 Å². The Hall–Kier alpha value is -2.49. The number of piperidine rings is 1. The van der Waals surface area contributed by atoms with Crippen LogP contribution in [0.1, 0.15) is 25.3 Å². The smallest absolute Gasteiger partial charge is 0.242 e. The Morgan fingerprint density at radius 3 is 2.61 bits per heavy atom. The molecule has 1 fully saturated rings. The number of hydrogen-bond acceptors (Lipinski definition) is 5. The lowest BCUT2D eigenvalue weighted by atomic mass is 10.0. The fraction of sp³-hybridized carbons (Fsp3) is 0.455. The van der Waals surface area contributed by atoms with E-state index < -0.39 is 10.0 Å². The van der Waals surface area contributed by atoms with Crippen LogP contribution in [-0.2, 0) is 16.6 Å². The van der Waals surface area contributed by atoms with Gasteiger partial charge in [0.1, 0.15) is 4.90 Å². The molecule has 0 bridgehead atoms. The molecule has 2 heterocycles. The number of nitrogens with zero attached hydrogens (tertiary/aromatic N) is 3. The molecule has 1 aromatic heterocycles. The monoisotopic (exact) mass is 444 g/mol. The Morgan fingerprint density at radius 2 is 1.94 bits per heavy atom. The fourth-order valence-corrected chi connectivity index (χ4v) is 4.51. The maximum absolute atomic E-state index is 12.2. The summed E-state index contributed by atoms with van der Waals surface area (Å²) >= 11 is 0. The molecule has 1 aliphatic heterocycles. The first-order chi connectivity index (χ1) is 15.1. The zero-order valence-electron chi connectivity index (χ0n) is 18.0. The third-order valence-electron chi connectivity index (χ3n) is 5.14. The van der Waals surface area contributed by atoms with Gasteiger partial charge in [-0.15, -0.1) is 0 Å². The quantitative estimate of drug-likeness (QED) is 0.309. The van der Waals surface area contributed by atoms with E-state index >= 15 is 0 Å². The predicted molar refractivity (Wildman–Crippen MR) is 123 cm³/mol. The van der Waals surface area contributed by atoms with Gasteiger partial charge in [-0.1, -0.05) is 30.3 Å². The first-order valence-corrected chi connectivity index (χ1v) is 12.3. The predicted octanol–water partition coefficient (Wildman–Crippen LogP) is 1.58. The van der Waals surface area contributed by atoms with Crippen LogP contribution in [0.3, 0.4) is 0 Å². The van der Waals surface area contributed by atoms with Gasteiger partial charge in [0.15, 0.2) is 5.96 Å². The Labute approximate surface area is 185 Å². The average molecular weight is 445 g/mol. The number of benzene rings is 1. The molecular weight excluding hydrogens is 412 g/mol. The average Bonchev–Trinajstić information content (AvgIpc) is 2.79. The van der Waals surface area contributed by atoms with Crippen LogP contribution < -0.4 is 15.4 Å². The molecule has 0 atom stereocenters. The Kier molecular flexibility index (Phi) is 8.81. The molecule has 168 valence electrons. The molecule has 0 saturated carbocycles. The number of nitrogens with one attached hydrogen (secondary N) is 3. The summed E-state index contributed by atoms with van der Waals surface area (Å²) in [5.41, 5.74) is 1.34. The number of sulfonamides is 1. The van der Waals surface area contributed by atoms with Crippen molar-refractivity contribution < 1.29 is 8.42 Å². The molecule has 31 heavy (non-hydrogen) atoms. The second-order valence-electron chi connectivity index (χ2n) is 7.53. The van der Waals surface area contributed by atoms with Gasteiger partial charge in [-0.3, -0.25) is 14.9 Å². The van der Waals surface area contributed by atoms with Gasteiger partial charge in [-0.05, 0) is 37.5 Å². The van der Waals surface area contributed by atoms with E-state index in [9.17, 15) is 8.42 Å². The van der Waals surface area contributed by atoms with Crippen LogP contribution in [0.15, 0.2) is 64.7 Å². The maximum Gasteiger partial charge on any atom is 0.242 e. The number of hydrogen-bond donors (Lipinski definition) is 3. The van der Waals surface area contributed by atoms with E-state index in [1.54, 1.807) is 12.3 Å². The minimum absolute atomic E-state index is 0.159. The van der Waals surface area contributed by atoms with Gasteiger partial charge in [-0.2, -0.15) is 0 Å². The van der Waals surface area contributed by atoms with Crippen molar-refractivity contribution in [2.75, 3.05) is 32.7 Å². The normalized spacial score (nSPS) is 16.2. The summed E-state index contributed by atoms with van der Waals surface area (Å²) in [6, 6.07) is 14.0. The summed E-state index contributed by atoms with van der Waals surface area (Å²) in [6.07, 6.45) is 4.97. The minimum Gasteiger partial charge on any atom is -0.357 e. The van der Waals surface area contributed by atoms with Crippen molar-refractivity contribution >= 4 is 16.0 Å². The first-order valence-electron chi connectivity index (χ1n) is 10.8. The summed E-state index contributed by atoms with van der Waals surface area (Å²) in [7, 11) is -3.56. The van der Waals surface area contributed by atoms with E-state index in [4.69, 9.17) is 0 Å². The molecule has 9 heteroatoms. The highest BCUT2D eigenvalue weighted by molar-refractivity contribution is 7.89. The van der Waals surface area contributed by atoms with Crippen molar-refractivity contribution in [3.8, 4) is 0 Å². The minimum atomic E-state index is -3.56. The number of rotatable bonds is 9. The number of aromatic nitrogens is 1. The van der Waals surface area contributed by atoms with Crippen molar-refractivity contribution in [1.29, 1.82) is 0 Å². The zero-order valence-corrected chi connectivity index (χ0v) is 18.8. The maximum atomic E-state index is 12.2. The highest BCUT2D eigenvalue weighted by Crippen LogP contribution is 2.13. The Bertz CT molecular complexity index is 914. The SMILES string of the molecule is CCNC(=NCCNS(=O)(=O)c1cccnc1)NC1CCN(Cc2ccccc2)CC1. The van der Waals surface area contributed by atoms with Gasteiger partial charge in [0, 0.05) is 51.2 Å². The van der Waals surface area contributed by atoms with Crippen LogP contribution >= 0.6 is 0 Å². The second kappa shape index (κ2) is 11.8. The van der Waals surface area contributed by atoms with E-state index in [-0.39, 0.29) is 11.4 Å². The molecule has 1 aromatic carbocycles. The summed E-state index contributed by atoms with van der Waals surface area (Å²) in [5.74, 6) is 0.726. The van der Waals surface area contributed by atoms with Crippen LogP contribution in [0.25, 0.3) is 0 Å². The lowest BCUT2D eigenvalue weighted by molar-refractivity contribution is 0.198. The van der Waals surface area contributed by atoms with Gasteiger partial charge in [0.25, 0.3) is 0 Å². The molecule has 8 nitrogen and oxygen atoms in total. The third-order valence-corrected chi connectivity index (χ3v) is 6.59. The summed E-state index contributed by atoms with van der Waals surface area (Å²) in [5, 5.41) is 6.74. The van der Waals surface area contributed by atoms with E-state index in [1.165, 1.54) is 17.8 Å². The molecule has 0 aliphatic carbocycles. The van der Waals surface area contributed by atoms with Crippen LogP contribution in [0.4, 0.5) is 0 Å². The highest BCUT2D eigenvalue weighted by Gasteiger charge is 2.20. The Morgan fingerprint density at radius 1 is 1.16 bits per heavy atom. The molecule has 1 saturated heterocycles. The molecular formula is C22H32N6O2S. The van der Waals surface area contributed by atoms with Gasteiger partial charge in [-0.25, -0.2) is 13.1 Å². The lowest BCUT2D eigenvalue weighted by Crippen LogP contribution is -2.48. The summed E-state index contributed by atoms with van der Waals surface area (Å²) in [4.78, 5) is 11.0. The summed E-state index contributed by atoms with van der Waals surface area (Å²) in [6.45, 7) is 6.41. The number of likely N-dealkylation sites (tertiary alicyclic amines) is 1. The Balaban J connectivity index is 1.43. The van der Waals surface area contributed by atoms with Gasteiger partial charge in [0.05, 0.1) is 6.54 Å². The van der Waals surface area contributed by atoms with E-state index in [1.807, 2.05) is 13.0 Å². The first kappa shape index (κ1) is 23.2. The van der Waals surface area contributed by atoms with Crippen LogP contribution in [0.2, 0.25) is 0 Å². The molecule has 0 amide bonds. The van der Waals surface area contributed by atoms with Crippen molar-refractivity contribution in [1.82, 2.24) is 25.2 Å². The fourth-order valence-electron chi connectivity index (χ4n) is 3.53. The molecule has 3 rings (SSSR count). The van der Waals surface area contributed by atoms with Crippen LogP contribution in [0, 0.1) is 0 Å². The number of guanidine groups is 1. The van der Waals surface area contributed by atoms with Crippen molar-refractivity contribution in [3.05, 3.63) is 60.4 Å². The largest absolute Gasteiger partial charge is 0.357 e. The lowest BCUT2D eigenvalue weighted by Gasteiger charge is -2.33. The standard InChI is InChI=1S/C22H32N6O2S/c1-2-24-22(25-13-14-26-31(29,30)21-9-6-12-23-17-21)27-20-10-15-28(16-11-20)18-19-7-4-3-5-8-19/h3-9,12,17,20,26H,2,10-11,13-16,18H2,1H3,(H2,24,25,27). The zero-order chi connectivity index (χ0) is 21.9. The highest BCUT2D eigenvalue weighted by atomic mass is 32.2. The molecule has 2 aromatic rings. The van der Waals surface area contributed by atoms with Gasteiger partial charge < -0.3 is 10.6 Å². The van der Waals surface area contributed by atoms with E-state index in [0.29, 0.717) is 12.6 Å². The molecule has 0 spiro atoms. The van der Waals surface area contributed by atoms with E-state index in [2.05, 4.69) is 54.5 Å². The number of aliphatic imine (C=N–C) groups is 1. The van der Waals surface area contributed by atoms with Crippen molar-refractivity contribution in [3.63, 3.8) is 0 Å².